The van der Waals surface area contributed by atoms with Crippen molar-refractivity contribution in [2.45, 2.75) is 70.1 Å². The number of nitrogens with zero attached hydrogens (tertiary/aromatic N) is 3. The van der Waals surface area contributed by atoms with Crippen molar-refractivity contribution >= 4 is 23.7 Å². The van der Waals surface area contributed by atoms with Crippen LogP contribution in [0.5, 0.6) is 0 Å². The number of aromatic nitrogens is 2. The largest absolute Gasteiger partial charge is 0.469 e. The Morgan fingerprint density at radius 3 is 2.34 bits per heavy atom. The van der Waals surface area contributed by atoms with E-state index in [1.807, 2.05) is 32.9 Å². The van der Waals surface area contributed by atoms with Gasteiger partial charge in [-0.3, -0.25) is 4.79 Å². The first kappa shape index (κ1) is 32.7. The fourth-order valence-electron chi connectivity index (χ4n) is 5.17. The van der Waals surface area contributed by atoms with Gasteiger partial charge < -0.3 is 19.7 Å². The molecule has 1 aromatic heterocycles. The van der Waals surface area contributed by atoms with Gasteiger partial charge in [0.15, 0.2) is 0 Å². The molecule has 1 amide bonds. The SMILES string of the molecule is COC(=O)CC(Cc1cccc(F)c1)c1nc(Nc2ccc(C3CCN(C(=O)OC(C)(C)C)CC3)cc2)ncc1C(F)(F)F. The zero-order valence-electron chi connectivity index (χ0n) is 25.1. The van der Waals surface area contributed by atoms with Gasteiger partial charge in [-0.2, -0.15) is 13.2 Å². The minimum absolute atomic E-state index is 0.0756. The van der Waals surface area contributed by atoms with E-state index in [-0.39, 0.29) is 24.4 Å². The smallest absolute Gasteiger partial charge is 0.419 e. The molecule has 0 spiro atoms. The second kappa shape index (κ2) is 13.6. The number of nitrogens with one attached hydrogen (secondary N) is 1. The summed E-state index contributed by atoms with van der Waals surface area (Å²) in [6.07, 6.45) is -3.36. The van der Waals surface area contributed by atoms with E-state index < -0.39 is 47.2 Å². The molecule has 12 heteroatoms. The van der Waals surface area contributed by atoms with E-state index in [4.69, 9.17) is 9.47 Å². The molecule has 236 valence electrons. The number of anilines is 2. The van der Waals surface area contributed by atoms with Gasteiger partial charge in [0.2, 0.25) is 5.95 Å². The fraction of sp³-hybridized carbons (Fsp3) is 0.438. The predicted molar refractivity (Wildman–Crippen MR) is 156 cm³/mol. The zero-order chi connectivity index (χ0) is 32.1. The van der Waals surface area contributed by atoms with Crippen molar-refractivity contribution < 1.29 is 36.6 Å². The second-order valence-corrected chi connectivity index (χ2v) is 11.8. The molecule has 1 fully saturated rings. The van der Waals surface area contributed by atoms with Crippen molar-refractivity contribution in [1.82, 2.24) is 14.9 Å². The number of carbonyl (C=O) groups excluding carboxylic acids is 2. The van der Waals surface area contributed by atoms with Crippen LogP contribution < -0.4 is 5.32 Å². The molecule has 1 unspecified atom stereocenters. The van der Waals surface area contributed by atoms with Crippen LogP contribution in [0.25, 0.3) is 0 Å². The molecule has 0 aliphatic carbocycles. The minimum Gasteiger partial charge on any atom is -0.469 e. The number of rotatable bonds is 8. The molecule has 44 heavy (non-hydrogen) atoms. The first-order valence-electron chi connectivity index (χ1n) is 14.3. The molecule has 8 nitrogen and oxygen atoms in total. The fourth-order valence-corrected chi connectivity index (χ4v) is 5.17. The molecule has 1 aliphatic rings. The van der Waals surface area contributed by atoms with Gasteiger partial charge in [-0.25, -0.2) is 19.2 Å². The Morgan fingerprint density at radius 2 is 1.75 bits per heavy atom. The summed E-state index contributed by atoms with van der Waals surface area (Å²) in [6.45, 7) is 6.64. The normalized spacial score (nSPS) is 15.0. The van der Waals surface area contributed by atoms with Crippen molar-refractivity contribution in [3.63, 3.8) is 0 Å². The van der Waals surface area contributed by atoms with E-state index in [1.165, 1.54) is 18.2 Å². The number of amides is 1. The van der Waals surface area contributed by atoms with Gasteiger partial charge >= 0.3 is 18.2 Å². The highest BCUT2D eigenvalue weighted by Gasteiger charge is 2.38. The number of methoxy groups -OCH3 is 1. The molecule has 0 radical (unpaired) electrons. The summed E-state index contributed by atoms with van der Waals surface area (Å²) in [5, 5.41) is 2.96. The third kappa shape index (κ3) is 8.90. The van der Waals surface area contributed by atoms with Crippen molar-refractivity contribution in [1.29, 1.82) is 0 Å². The molecule has 1 atom stereocenters. The number of halogens is 4. The highest BCUT2D eigenvalue weighted by atomic mass is 19.4. The highest BCUT2D eigenvalue weighted by Crippen LogP contribution is 2.37. The van der Waals surface area contributed by atoms with E-state index in [0.29, 0.717) is 30.5 Å². The van der Waals surface area contributed by atoms with Gasteiger partial charge in [-0.1, -0.05) is 24.3 Å². The first-order chi connectivity index (χ1) is 20.7. The maximum Gasteiger partial charge on any atom is 0.419 e. The number of ether oxygens (including phenoxy) is 2. The van der Waals surface area contributed by atoms with Crippen LogP contribution in [0.4, 0.5) is 34.0 Å². The predicted octanol–water partition coefficient (Wildman–Crippen LogP) is 7.38. The maximum atomic E-state index is 14.0. The van der Waals surface area contributed by atoms with Crippen LogP contribution in [0.1, 0.15) is 74.3 Å². The van der Waals surface area contributed by atoms with Gasteiger partial charge in [0.05, 0.1) is 24.8 Å². The van der Waals surface area contributed by atoms with E-state index in [2.05, 4.69) is 15.3 Å². The average Bonchev–Trinajstić information content (AvgIpc) is 2.96. The van der Waals surface area contributed by atoms with Crippen LogP contribution in [0.3, 0.4) is 0 Å². The van der Waals surface area contributed by atoms with Gasteiger partial charge in [0.1, 0.15) is 11.4 Å². The lowest BCUT2D eigenvalue weighted by Crippen LogP contribution is -2.41. The molecule has 2 heterocycles. The monoisotopic (exact) mass is 616 g/mol. The van der Waals surface area contributed by atoms with Crippen molar-refractivity contribution in [3.05, 3.63) is 82.9 Å². The third-order valence-corrected chi connectivity index (χ3v) is 7.31. The molecule has 1 saturated heterocycles. The van der Waals surface area contributed by atoms with E-state index >= 15 is 0 Å². The Balaban J connectivity index is 1.51. The summed E-state index contributed by atoms with van der Waals surface area (Å²) < 4.78 is 66.2. The van der Waals surface area contributed by atoms with Crippen LogP contribution >= 0.6 is 0 Å². The third-order valence-electron chi connectivity index (χ3n) is 7.31. The number of hydrogen-bond acceptors (Lipinski definition) is 7. The summed E-state index contributed by atoms with van der Waals surface area (Å²) in [7, 11) is 1.15. The van der Waals surface area contributed by atoms with Crippen LogP contribution in [-0.2, 0) is 26.9 Å². The summed E-state index contributed by atoms with van der Waals surface area (Å²) in [5.74, 6) is -2.17. The van der Waals surface area contributed by atoms with Crippen LogP contribution in [0, 0.1) is 5.82 Å². The highest BCUT2D eigenvalue weighted by molar-refractivity contribution is 5.70. The van der Waals surface area contributed by atoms with E-state index in [0.717, 1.165) is 25.5 Å². The summed E-state index contributed by atoms with van der Waals surface area (Å²) in [5.41, 5.74) is 0.00629. The number of alkyl halides is 3. The quantitative estimate of drug-likeness (QED) is 0.209. The molecule has 2 aromatic carbocycles. The lowest BCUT2D eigenvalue weighted by atomic mass is 9.89. The Bertz CT molecular complexity index is 1450. The van der Waals surface area contributed by atoms with E-state index in [1.54, 1.807) is 23.1 Å². The number of esters is 1. The van der Waals surface area contributed by atoms with Gasteiger partial charge in [0, 0.05) is 30.9 Å². The lowest BCUT2D eigenvalue weighted by Gasteiger charge is -2.33. The minimum atomic E-state index is -4.79. The topological polar surface area (TPSA) is 93.7 Å². The molecule has 1 N–H and O–H groups in total. The summed E-state index contributed by atoms with van der Waals surface area (Å²) >= 11 is 0. The number of hydrogen-bond donors (Lipinski definition) is 1. The number of piperidine rings is 1. The molecule has 3 aromatic rings. The number of benzene rings is 2. The maximum absolute atomic E-state index is 14.0. The molecule has 0 bridgehead atoms. The van der Waals surface area contributed by atoms with Crippen molar-refractivity contribution in [2.75, 3.05) is 25.5 Å². The van der Waals surface area contributed by atoms with Gasteiger partial charge in [-0.15, -0.1) is 0 Å². The molecule has 0 saturated carbocycles. The molecule has 1 aliphatic heterocycles. The van der Waals surface area contributed by atoms with Crippen LogP contribution in [0.15, 0.2) is 54.7 Å². The standard InChI is InChI=1S/C32H36F4N4O4/c1-31(2,3)44-30(42)40-14-12-22(13-15-40)21-8-10-25(11-9-21)38-29-37-19-26(32(34,35)36)28(39-29)23(18-27(41)43-4)16-20-6-5-7-24(33)17-20/h5-11,17,19,22-23H,12-16,18H2,1-4H3,(H,37,38,39). The zero-order valence-corrected chi connectivity index (χ0v) is 25.1. The second-order valence-electron chi connectivity index (χ2n) is 11.8. The van der Waals surface area contributed by atoms with Crippen molar-refractivity contribution in [2.24, 2.45) is 0 Å². The number of likely N-dealkylation sites (tertiary alicyclic amines) is 1. The Kier molecular flexibility index (Phi) is 10.1. The van der Waals surface area contributed by atoms with Crippen molar-refractivity contribution in [3.8, 4) is 0 Å². The van der Waals surface area contributed by atoms with Crippen LogP contribution in [0.2, 0.25) is 0 Å². The van der Waals surface area contributed by atoms with E-state index in [9.17, 15) is 27.2 Å². The lowest BCUT2D eigenvalue weighted by molar-refractivity contribution is -0.143. The summed E-state index contributed by atoms with van der Waals surface area (Å²) in [6, 6.07) is 12.9. The summed E-state index contributed by atoms with van der Waals surface area (Å²) in [4.78, 5) is 34.4. The number of carbonyl (C=O) groups is 2. The van der Waals surface area contributed by atoms with Gasteiger partial charge in [-0.05, 0) is 81.3 Å². The first-order valence-corrected chi connectivity index (χ1v) is 14.3. The Labute approximate surface area is 253 Å². The molecular weight excluding hydrogens is 580 g/mol. The van der Waals surface area contributed by atoms with Gasteiger partial charge in [0.25, 0.3) is 0 Å². The van der Waals surface area contributed by atoms with Crippen LogP contribution in [-0.4, -0.2) is 52.7 Å². The Hall–Kier alpha value is -4.22. The molecule has 4 rings (SSSR count). The molecular formula is C32H36F4N4O4. The average molecular weight is 617 g/mol. The Morgan fingerprint density at radius 1 is 1.07 bits per heavy atom.